The zero-order chi connectivity index (χ0) is 10.4. The molecule has 5 heteroatoms. The van der Waals surface area contributed by atoms with Gasteiger partial charge in [0, 0.05) is 9.86 Å². The van der Waals surface area contributed by atoms with Crippen molar-refractivity contribution in [1.29, 1.82) is 0 Å². The lowest BCUT2D eigenvalue weighted by molar-refractivity contribution is 0.931. The third-order valence-corrected chi connectivity index (χ3v) is 2.87. The lowest BCUT2D eigenvalue weighted by Gasteiger charge is -1.95. The Balaban J connectivity index is 2.64. The topological polar surface area (TPSA) is 50.2 Å². The molecule has 0 atom stereocenters. The Morgan fingerprint density at radius 3 is 3.00 bits per heavy atom. The van der Waals surface area contributed by atoms with Crippen LogP contribution in [-0.2, 0) is 0 Å². The first-order valence-electron chi connectivity index (χ1n) is 4.40. The van der Waals surface area contributed by atoms with Gasteiger partial charge in [-0.05, 0) is 18.2 Å². The fourth-order valence-electron chi connectivity index (χ4n) is 1.70. The van der Waals surface area contributed by atoms with Gasteiger partial charge in [0.2, 0.25) is 0 Å². The van der Waals surface area contributed by atoms with Crippen molar-refractivity contribution in [3.63, 3.8) is 0 Å². The second-order valence-electron chi connectivity index (χ2n) is 3.29. The molecule has 15 heavy (non-hydrogen) atoms. The number of hydrogen-bond donors (Lipinski definition) is 1. The van der Waals surface area contributed by atoms with Gasteiger partial charge in [0.1, 0.15) is 11.8 Å². The number of rotatable bonds is 0. The number of aromatic amines is 1. The third kappa shape index (κ3) is 1.20. The third-order valence-electron chi connectivity index (χ3n) is 2.38. The summed E-state index contributed by atoms with van der Waals surface area (Å²) in [5.41, 5.74) is 1.40. The summed E-state index contributed by atoms with van der Waals surface area (Å²) in [6, 6.07) is 7.72. The Morgan fingerprint density at radius 1 is 1.27 bits per heavy atom. The molecular formula is C10H6BrN3O. The van der Waals surface area contributed by atoms with Gasteiger partial charge in [0.15, 0.2) is 0 Å². The van der Waals surface area contributed by atoms with Crippen LogP contribution < -0.4 is 5.56 Å². The highest BCUT2D eigenvalue weighted by Gasteiger charge is 2.05. The first kappa shape index (κ1) is 8.67. The van der Waals surface area contributed by atoms with Crippen LogP contribution in [0, 0.1) is 0 Å². The van der Waals surface area contributed by atoms with E-state index in [2.05, 4.69) is 26.1 Å². The Bertz CT molecular complexity index is 713. The van der Waals surface area contributed by atoms with Crippen LogP contribution >= 0.6 is 15.9 Å². The highest BCUT2D eigenvalue weighted by atomic mass is 79.9. The van der Waals surface area contributed by atoms with E-state index < -0.39 is 0 Å². The van der Waals surface area contributed by atoms with Crippen LogP contribution in [0.1, 0.15) is 0 Å². The summed E-state index contributed by atoms with van der Waals surface area (Å²) in [6.07, 6.45) is 1.60. The number of benzene rings is 1. The van der Waals surface area contributed by atoms with E-state index in [1.807, 2.05) is 24.3 Å². The van der Waals surface area contributed by atoms with Gasteiger partial charge in [0.25, 0.3) is 5.56 Å². The summed E-state index contributed by atoms with van der Waals surface area (Å²) in [5.74, 6) is 0. The van der Waals surface area contributed by atoms with Crippen molar-refractivity contribution in [3.8, 4) is 0 Å². The van der Waals surface area contributed by atoms with E-state index >= 15 is 0 Å². The molecule has 0 aliphatic rings. The SMILES string of the molecule is O=c1[nH]ncn2c1cc1ccc(Br)cc12. The number of hydrogen-bond acceptors (Lipinski definition) is 2. The Kier molecular flexibility index (Phi) is 1.70. The highest BCUT2D eigenvalue weighted by molar-refractivity contribution is 9.10. The van der Waals surface area contributed by atoms with Crippen molar-refractivity contribution in [2.75, 3.05) is 0 Å². The van der Waals surface area contributed by atoms with E-state index in [4.69, 9.17) is 0 Å². The molecule has 0 spiro atoms. The Labute approximate surface area is 92.7 Å². The molecule has 0 aliphatic carbocycles. The van der Waals surface area contributed by atoms with Crippen molar-refractivity contribution in [2.24, 2.45) is 0 Å². The van der Waals surface area contributed by atoms with Gasteiger partial charge in [-0.2, -0.15) is 5.10 Å². The van der Waals surface area contributed by atoms with E-state index in [-0.39, 0.29) is 5.56 Å². The van der Waals surface area contributed by atoms with Gasteiger partial charge in [-0.15, -0.1) is 0 Å². The van der Waals surface area contributed by atoms with Gasteiger partial charge in [-0.3, -0.25) is 9.20 Å². The minimum absolute atomic E-state index is 0.176. The highest BCUT2D eigenvalue weighted by Crippen LogP contribution is 2.21. The molecule has 0 aliphatic heterocycles. The second-order valence-corrected chi connectivity index (χ2v) is 4.20. The van der Waals surface area contributed by atoms with Gasteiger partial charge < -0.3 is 0 Å². The Morgan fingerprint density at radius 2 is 2.13 bits per heavy atom. The lowest BCUT2D eigenvalue weighted by atomic mass is 10.2. The lowest BCUT2D eigenvalue weighted by Crippen LogP contribution is -2.09. The molecule has 0 saturated carbocycles. The number of nitrogens with zero attached hydrogens (tertiary/aromatic N) is 2. The fraction of sp³-hybridized carbons (Fsp3) is 0. The van der Waals surface area contributed by atoms with Crippen LogP contribution in [0.5, 0.6) is 0 Å². The molecule has 0 saturated heterocycles. The second kappa shape index (κ2) is 2.93. The number of nitrogens with one attached hydrogen (secondary N) is 1. The van der Waals surface area contributed by atoms with Crippen LogP contribution in [0.25, 0.3) is 16.4 Å². The molecule has 2 aromatic heterocycles. The van der Waals surface area contributed by atoms with Crippen LogP contribution in [0.4, 0.5) is 0 Å². The predicted octanol–water partition coefficient (Wildman–Crippen LogP) is 1.94. The van der Waals surface area contributed by atoms with E-state index in [0.29, 0.717) is 5.52 Å². The van der Waals surface area contributed by atoms with Crippen LogP contribution in [0.3, 0.4) is 0 Å². The van der Waals surface area contributed by atoms with Crippen LogP contribution in [0.2, 0.25) is 0 Å². The molecule has 2 heterocycles. The van der Waals surface area contributed by atoms with Crippen molar-refractivity contribution in [1.82, 2.24) is 14.6 Å². The maximum atomic E-state index is 11.5. The number of aromatic nitrogens is 3. The normalized spacial score (nSPS) is 11.3. The maximum Gasteiger partial charge on any atom is 0.288 e. The molecule has 74 valence electrons. The first-order chi connectivity index (χ1) is 7.25. The largest absolute Gasteiger partial charge is 0.294 e. The summed E-state index contributed by atoms with van der Waals surface area (Å²) in [7, 11) is 0. The molecule has 0 fully saturated rings. The average Bonchev–Trinajstić information content (AvgIpc) is 2.58. The summed E-state index contributed by atoms with van der Waals surface area (Å²) < 4.78 is 2.76. The number of fused-ring (bicyclic) bond motifs is 3. The standard InChI is InChI=1S/C10H6BrN3O/c11-7-2-1-6-3-9-10(15)13-12-5-14(9)8(6)4-7/h1-5H,(H,13,15). The van der Waals surface area contributed by atoms with Crippen molar-refractivity contribution < 1.29 is 0 Å². The van der Waals surface area contributed by atoms with Crippen molar-refractivity contribution in [2.45, 2.75) is 0 Å². The van der Waals surface area contributed by atoms with Gasteiger partial charge in [-0.25, -0.2) is 5.10 Å². The van der Waals surface area contributed by atoms with E-state index in [1.54, 1.807) is 10.7 Å². The predicted molar refractivity (Wildman–Crippen MR) is 61.0 cm³/mol. The molecule has 3 aromatic rings. The monoisotopic (exact) mass is 263 g/mol. The quantitative estimate of drug-likeness (QED) is 0.674. The fourth-order valence-corrected chi connectivity index (χ4v) is 2.04. The van der Waals surface area contributed by atoms with E-state index in [9.17, 15) is 4.79 Å². The molecule has 1 aromatic carbocycles. The number of halogens is 1. The Hall–Kier alpha value is -1.62. The van der Waals surface area contributed by atoms with Crippen LogP contribution in [-0.4, -0.2) is 14.6 Å². The first-order valence-corrected chi connectivity index (χ1v) is 5.19. The molecule has 4 nitrogen and oxygen atoms in total. The summed E-state index contributed by atoms with van der Waals surface area (Å²) >= 11 is 3.40. The number of H-pyrrole nitrogens is 1. The minimum Gasteiger partial charge on any atom is -0.294 e. The molecule has 0 bridgehead atoms. The molecule has 0 radical (unpaired) electrons. The summed E-state index contributed by atoms with van der Waals surface area (Å²) in [5, 5.41) is 7.21. The van der Waals surface area contributed by atoms with Gasteiger partial charge in [-0.1, -0.05) is 22.0 Å². The molecule has 3 rings (SSSR count). The summed E-state index contributed by atoms with van der Waals surface area (Å²) in [6.45, 7) is 0. The average molecular weight is 264 g/mol. The summed E-state index contributed by atoms with van der Waals surface area (Å²) in [4.78, 5) is 11.5. The molecule has 0 amide bonds. The maximum absolute atomic E-state index is 11.5. The zero-order valence-corrected chi connectivity index (χ0v) is 9.15. The molecule has 1 N–H and O–H groups in total. The van der Waals surface area contributed by atoms with E-state index in [0.717, 1.165) is 15.4 Å². The van der Waals surface area contributed by atoms with E-state index in [1.165, 1.54) is 0 Å². The van der Waals surface area contributed by atoms with Crippen molar-refractivity contribution >= 4 is 32.3 Å². The van der Waals surface area contributed by atoms with Crippen molar-refractivity contribution in [3.05, 3.63) is 45.4 Å². The molecule has 0 unspecified atom stereocenters. The molecular weight excluding hydrogens is 258 g/mol. The zero-order valence-electron chi connectivity index (χ0n) is 7.57. The smallest absolute Gasteiger partial charge is 0.288 e. The van der Waals surface area contributed by atoms with Gasteiger partial charge >= 0.3 is 0 Å². The van der Waals surface area contributed by atoms with Gasteiger partial charge in [0.05, 0.1) is 5.52 Å². The minimum atomic E-state index is -0.176. The van der Waals surface area contributed by atoms with Crippen LogP contribution in [0.15, 0.2) is 39.9 Å².